The van der Waals surface area contributed by atoms with Gasteiger partial charge in [0.25, 0.3) is 0 Å². The number of alkyl halides is 3. The highest BCUT2D eigenvalue weighted by atomic mass is 19.4. The van der Waals surface area contributed by atoms with Gasteiger partial charge in [0, 0.05) is 44.6 Å². The third kappa shape index (κ3) is 4.39. The van der Waals surface area contributed by atoms with E-state index in [4.69, 9.17) is 5.73 Å². The van der Waals surface area contributed by atoms with Crippen molar-refractivity contribution in [2.75, 3.05) is 43.9 Å². The van der Waals surface area contributed by atoms with E-state index in [1.165, 1.54) is 12.8 Å². The fraction of sp³-hybridized carbons (Fsp3) is 0.778. The number of carbonyl (C=O) groups is 1. The molecule has 11 heteroatoms. The van der Waals surface area contributed by atoms with E-state index in [9.17, 15) is 18.0 Å². The first-order chi connectivity index (χ1) is 13.7. The highest BCUT2D eigenvalue weighted by Gasteiger charge is 2.45. The molecule has 3 aliphatic rings. The molecule has 2 saturated heterocycles. The van der Waals surface area contributed by atoms with Crippen LogP contribution in [0.25, 0.3) is 0 Å². The highest BCUT2D eigenvalue weighted by molar-refractivity contribution is 5.80. The van der Waals surface area contributed by atoms with Crippen LogP contribution in [0.4, 0.5) is 24.9 Å². The predicted molar refractivity (Wildman–Crippen MR) is 100.0 cm³/mol. The minimum atomic E-state index is -4.34. The molecule has 4 rings (SSSR count). The predicted octanol–water partition coefficient (Wildman–Crippen LogP) is 0.841. The number of anilines is 2. The molecule has 0 radical (unpaired) electrons. The van der Waals surface area contributed by atoms with E-state index in [0.717, 1.165) is 13.1 Å². The number of rotatable bonds is 4. The molecule has 0 spiro atoms. The Morgan fingerprint density at radius 1 is 1.24 bits per heavy atom. The van der Waals surface area contributed by atoms with E-state index in [-0.39, 0.29) is 31.2 Å². The zero-order chi connectivity index (χ0) is 20.8. The molecule has 29 heavy (non-hydrogen) atoms. The van der Waals surface area contributed by atoms with Crippen LogP contribution in [0.5, 0.6) is 0 Å². The van der Waals surface area contributed by atoms with Crippen LogP contribution in [-0.2, 0) is 11.2 Å². The molecule has 3 N–H and O–H groups in total. The van der Waals surface area contributed by atoms with Crippen molar-refractivity contribution < 1.29 is 18.0 Å². The molecule has 0 aromatic carbocycles. The minimum absolute atomic E-state index is 0.0203. The summed E-state index contributed by atoms with van der Waals surface area (Å²) < 4.78 is 39.4. The molecule has 1 aromatic heterocycles. The van der Waals surface area contributed by atoms with E-state index in [2.05, 4.69) is 37.3 Å². The van der Waals surface area contributed by atoms with Crippen LogP contribution < -0.4 is 16.0 Å². The van der Waals surface area contributed by atoms with Crippen LogP contribution in [-0.4, -0.2) is 71.4 Å². The number of likely N-dealkylation sites (N-methyl/N-ethyl adjacent to an activating group) is 1. The van der Waals surface area contributed by atoms with Gasteiger partial charge in [-0.25, -0.2) is 0 Å². The SMILES string of the molecule is CN1CCN(c2nc(N)nnc2C[C@H]2C[C@@H](C(F)(F)F)CNC2=O)CC1C1CC1. The molecule has 1 aromatic rings. The highest BCUT2D eigenvalue weighted by Crippen LogP contribution is 2.38. The molecule has 3 heterocycles. The smallest absolute Gasteiger partial charge is 0.366 e. The van der Waals surface area contributed by atoms with Crippen LogP contribution in [0, 0.1) is 17.8 Å². The van der Waals surface area contributed by atoms with Crippen LogP contribution in [0.15, 0.2) is 0 Å². The van der Waals surface area contributed by atoms with Gasteiger partial charge in [-0.3, -0.25) is 9.69 Å². The van der Waals surface area contributed by atoms with Crippen molar-refractivity contribution in [2.24, 2.45) is 17.8 Å². The van der Waals surface area contributed by atoms with E-state index in [1.807, 2.05) is 0 Å². The van der Waals surface area contributed by atoms with Crippen LogP contribution in [0.3, 0.4) is 0 Å². The number of hydrogen-bond donors (Lipinski definition) is 2. The first kappa shape index (κ1) is 20.1. The standard InChI is InChI=1S/C18H26F3N7O/c1-27-4-5-28(9-14(27)10-2-3-10)15-13(25-26-17(22)24-15)7-11-6-12(18(19,20)21)8-23-16(11)29/h10-12,14H,2-9H2,1H3,(H,23,29)(H2,22,24,26)/t11-,12-,14?/m1/s1. The maximum atomic E-state index is 13.1. The van der Waals surface area contributed by atoms with Gasteiger partial charge in [0.2, 0.25) is 11.9 Å². The molecular weight excluding hydrogens is 387 g/mol. The van der Waals surface area contributed by atoms with Gasteiger partial charge in [0.05, 0.1) is 5.92 Å². The van der Waals surface area contributed by atoms with Gasteiger partial charge in [-0.15, -0.1) is 10.2 Å². The number of nitrogen functional groups attached to an aromatic ring is 1. The van der Waals surface area contributed by atoms with Gasteiger partial charge in [-0.1, -0.05) is 0 Å². The molecule has 1 saturated carbocycles. The third-order valence-electron chi connectivity index (χ3n) is 6.28. The lowest BCUT2D eigenvalue weighted by atomic mass is 9.86. The summed E-state index contributed by atoms with van der Waals surface area (Å²) in [6, 6.07) is 0.403. The van der Waals surface area contributed by atoms with E-state index < -0.39 is 18.0 Å². The van der Waals surface area contributed by atoms with Crippen LogP contribution in [0.2, 0.25) is 0 Å². The number of hydrogen-bond acceptors (Lipinski definition) is 7. The van der Waals surface area contributed by atoms with Crippen molar-refractivity contribution in [3.8, 4) is 0 Å². The summed E-state index contributed by atoms with van der Waals surface area (Å²) in [7, 11) is 2.11. The topological polar surface area (TPSA) is 100 Å². The average Bonchev–Trinajstić information content (AvgIpc) is 3.49. The minimum Gasteiger partial charge on any atom is -0.366 e. The number of nitrogens with one attached hydrogen (secondary N) is 1. The lowest BCUT2D eigenvalue weighted by Crippen LogP contribution is -2.53. The molecule has 1 unspecified atom stereocenters. The molecule has 1 aliphatic carbocycles. The van der Waals surface area contributed by atoms with Crippen LogP contribution >= 0.6 is 0 Å². The first-order valence-corrected chi connectivity index (χ1v) is 10.0. The maximum absolute atomic E-state index is 13.1. The fourth-order valence-electron chi connectivity index (χ4n) is 4.38. The second kappa shape index (κ2) is 7.58. The Morgan fingerprint density at radius 2 is 2.00 bits per heavy atom. The third-order valence-corrected chi connectivity index (χ3v) is 6.28. The number of halogens is 3. The van der Waals surface area contributed by atoms with Crippen molar-refractivity contribution >= 4 is 17.7 Å². The van der Waals surface area contributed by atoms with Crippen molar-refractivity contribution in [1.29, 1.82) is 0 Å². The normalized spacial score (nSPS) is 29.0. The van der Waals surface area contributed by atoms with Gasteiger partial charge in [0.1, 0.15) is 5.69 Å². The van der Waals surface area contributed by atoms with Crippen molar-refractivity contribution in [2.45, 2.75) is 37.9 Å². The number of piperazine rings is 1. The zero-order valence-corrected chi connectivity index (χ0v) is 16.3. The van der Waals surface area contributed by atoms with E-state index in [0.29, 0.717) is 30.0 Å². The van der Waals surface area contributed by atoms with Crippen molar-refractivity contribution in [1.82, 2.24) is 25.4 Å². The summed E-state index contributed by atoms with van der Waals surface area (Å²) in [6.45, 7) is 1.95. The number of carbonyl (C=O) groups excluding carboxylic acids is 1. The number of piperidine rings is 1. The molecule has 1 amide bonds. The Balaban J connectivity index is 1.54. The summed E-state index contributed by atoms with van der Waals surface area (Å²) in [5, 5.41) is 10.3. The number of nitrogens with two attached hydrogens (primary N) is 1. The van der Waals surface area contributed by atoms with Gasteiger partial charge < -0.3 is 16.0 Å². The van der Waals surface area contributed by atoms with Gasteiger partial charge >= 0.3 is 6.18 Å². The number of nitrogens with zero attached hydrogens (tertiary/aromatic N) is 5. The Hall–Kier alpha value is -2.17. The maximum Gasteiger partial charge on any atom is 0.393 e. The summed E-state index contributed by atoms with van der Waals surface area (Å²) >= 11 is 0. The molecule has 0 bridgehead atoms. The molecule has 2 aliphatic heterocycles. The largest absolute Gasteiger partial charge is 0.393 e. The Morgan fingerprint density at radius 3 is 2.69 bits per heavy atom. The molecular formula is C18H26F3N7O. The summed E-state index contributed by atoms with van der Waals surface area (Å²) in [6.07, 6.45) is -2.11. The fourth-order valence-corrected chi connectivity index (χ4v) is 4.38. The van der Waals surface area contributed by atoms with Gasteiger partial charge in [-0.05, 0) is 32.2 Å². The summed E-state index contributed by atoms with van der Waals surface area (Å²) in [5.74, 6) is -1.53. The van der Waals surface area contributed by atoms with E-state index in [1.54, 1.807) is 0 Å². The molecule has 3 atom stereocenters. The summed E-state index contributed by atoms with van der Waals surface area (Å²) in [4.78, 5) is 21.0. The number of amides is 1. The summed E-state index contributed by atoms with van der Waals surface area (Å²) in [5.41, 5.74) is 6.19. The van der Waals surface area contributed by atoms with Crippen LogP contribution in [0.1, 0.15) is 25.0 Å². The van der Waals surface area contributed by atoms with Crippen molar-refractivity contribution in [3.63, 3.8) is 0 Å². The Bertz CT molecular complexity index is 770. The lowest BCUT2D eigenvalue weighted by molar-refractivity contribution is -0.183. The second-order valence-electron chi connectivity index (χ2n) is 8.39. The second-order valence-corrected chi connectivity index (χ2v) is 8.39. The lowest BCUT2D eigenvalue weighted by Gasteiger charge is -2.40. The van der Waals surface area contributed by atoms with E-state index >= 15 is 0 Å². The molecule has 3 fully saturated rings. The number of aromatic nitrogens is 3. The quantitative estimate of drug-likeness (QED) is 0.755. The average molecular weight is 413 g/mol. The van der Waals surface area contributed by atoms with Gasteiger partial charge in [-0.2, -0.15) is 18.2 Å². The Kier molecular flexibility index (Phi) is 5.26. The van der Waals surface area contributed by atoms with Crippen molar-refractivity contribution in [3.05, 3.63) is 5.69 Å². The first-order valence-electron chi connectivity index (χ1n) is 10.0. The zero-order valence-electron chi connectivity index (χ0n) is 16.3. The molecule has 160 valence electrons. The monoisotopic (exact) mass is 413 g/mol. The molecule has 8 nitrogen and oxygen atoms in total. The van der Waals surface area contributed by atoms with Gasteiger partial charge in [0.15, 0.2) is 5.82 Å². The Labute approximate surface area is 167 Å².